The van der Waals surface area contributed by atoms with Gasteiger partial charge in [0.05, 0.1) is 19.2 Å². The molecule has 1 fully saturated rings. The van der Waals surface area contributed by atoms with Crippen LogP contribution in [-0.4, -0.2) is 55.5 Å². The zero-order chi connectivity index (χ0) is 21.8. The highest BCUT2D eigenvalue weighted by atomic mass is 16.5. The highest BCUT2D eigenvalue weighted by Crippen LogP contribution is 2.28. The van der Waals surface area contributed by atoms with E-state index in [4.69, 9.17) is 9.47 Å². The van der Waals surface area contributed by atoms with Crippen LogP contribution in [0, 0.1) is 0 Å². The molecule has 1 saturated heterocycles. The van der Waals surface area contributed by atoms with E-state index in [9.17, 15) is 14.4 Å². The Morgan fingerprint density at radius 1 is 1.19 bits per heavy atom. The number of hydrogen-bond acceptors (Lipinski definition) is 5. The van der Waals surface area contributed by atoms with E-state index in [1.54, 1.807) is 25.3 Å². The van der Waals surface area contributed by atoms with Crippen LogP contribution in [0.4, 0.5) is 5.69 Å². The van der Waals surface area contributed by atoms with Crippen molar-refractivity contribution in [2.75, 3.05) is 32.1 Å². The number of benzene rings is 2. The van der Waals surface area contributed by atoms with E-state index in [1.165, 1.54) is 0 Å². The molecule has 0 unspecified atom stereocenters. The summed E-state index contributed by atoms with van der Waals surface area (Å²) in [6, 6.07) is 12.5. The second-order valence-corrected chi connectivity index (χ2v) is 7.66. The Kier molecular flexibility index (Phi) is 6.06. The predicted molar refractivity (Wildman–Crippen MR) is 114 cm³/mol. The molecule has 2 aromatic carbocycles. The van der Waals surface area contributed by atoms with Crippen molar-refractivity contribution in [3.05, 3.63) is 53.6 Å². The number of rotatable bonds is 5. The van der Waals surface area contributed by atoms with Gasteiger partial charge in [-0.2, -0.15) is 0 Å². The lowest BCUT2D eigenvalue weighted by molar-refractivity contribution is -0.131. The monoisotopic (exact) mass is 423 g/mol. The van der Waals surface area contributed by atoms with E-state index in [0.717, 1.165) is 5.56 Å². The van der Waals surface area contributed by atoms with Gasteiger partial charge in [-0.3, -0.25) is 14.4 Å². The highest BCUT2D eigenvalue weighted by Gasteiger charge is 2.25. The number of anilines is 1. The largest absolute Gasteiger partial charge is 0.496 e. The Morgan fingerprint density at radius 2 is 1.97 bits per heavy atom. The minimum absolute atomic E-state index is 0.000495. The molecule has 0 atom stereocenters. The first-order valence-electron chi connectivity index (χ1n) is 10.3. The molecule has 8 heteroatoms. The van der Waals surface area contributed by atoms with E-state index < -0.39 is 0 Å². The van der Waals surface area contributed by atoms with Gasteiger partial charge in [0.25, 0.3) is 11.8 Å². The van der Waals surface area contributed by atoms with Crippen LogP contribution in [0.15, 0.2) is 42.5 Å². The lowest BCUT2D eigenvalue weighted by Crippen LogP contribution is -2.47. The highest BCUT2D eigenvalue weighted by molar-refractivity contribution is 5.99. The van der Waals surface area contributed by atoms with Crippen molar-refractivity contribution in [1.29, 1.82) is 0 Å². The van der Waals surface area contributed by atoms with E-state index in [2.05, 4.69) is 10.6 Å². The Labute approximate surface area is 180 Å². The fourth-order valence-corrected chi connectivity index (χ4v) is 3.88. The number of ether oxygens (including phenoxy) is 2. The fraction of sp³-hybridized carbons (Fsp3) is 0.348. The lowest BCUT2D eigenvalue weighted by atomic mass is 10.0. The maximum absolute atomic E-state index is 12.7. The van der Waals surface area contributed by atoms with Gasteiger partial charge in [0, 0.05) is 30.3 Å². The van der Waals surface area contributed by atoms with E-state index in [1.807, 2.05) is 29.2 Å². The van der Waals surface area contributed by atoms with Crippen LogP contribution in [0.25, 0.3) is 0 Å². The van der Waals surface area contributed by atoms with Gasteiger partial charge in [-0.1, -0.05) is 18.2 Å². The van der Waals surface area contributed by atoms with E-state index in [0.29, 0.717) is 55.1 Å². The van der Waals surface area contributed by atoms with Crippen molar-refractivity contribution in [3.8, 4) is 11.5 Å². The molecule has 0 bridgehead atoms. The summed E-state index contributed by atoms with van der Waals surface area (Å²) in [6.07, 6.45) is 1.69. The lowest BCUT2D eigenvalue weighted by Gasteiger charge is -2.32. The summed E-state index contributed by atoms with van der Waals surface area (Å²) in [5.74, 6) is 0.859. The van der Waals surface area contributed by atoms with Gasteiger partial charge in [-0.15, -0.1) is 0 Å². The first-order chi connectivity index (χ1) is 15.0. The molecule has 2 aliphatic rings. The second kappa shape index (κ2) is 9.07. The van der Waals surface area contributed by atoms with Crippen LogP contribution < -0.4 is 20.1 Å². The third kappa shape index (κ3) is 4.79. The molecule has 2 aliphatic heterocycles. The van der Waals surface area contributed by atoms with Crippen LogP contribution in [0.3, 0.4) is 0 Å². The maximum Gasteiger partial charge on any atom is 0.262 e. The molecular weight excluding hydrogens is 398 g/mol. The SMILES string of the molecule is COc1ccccc1CC(=O)N1CCC(NC(=O)c2ccc3c(c2)OCC(=O)N3)CC1. The molecule has 2 N–H and O–H groups in total. The summed E-state index contributed by atoms with van der Waals surface area (Å²) in [7, 11) is 1.60. The van der Waals surface area contributed by atoms with Crippen molar-refractivity contribution in [2.24, 2.45) is 0 Å². The molecule has 31 heavy (non-hydrogen) atoms. The molecule has 8 nitrogen and oxygen atoms in total. The van der Waals surface area contributed by atoms with Gasteiger partial charge in [-0.05, 0) is 37.1 Å². The number of para-hydroxylation sites is 1. The molecule has 3 amide bonds. The molecule has 0 saturated carbocycles. The third-order valence-corrected chi connectivity index (χ3v) is 5.59. The maximum atomic E-state index is 12.7. The molecule has 2 aromatic rings. The van der Waals surface area contributed by atoms with Crippen LogP contribution >= 0.6 is 0 Å². The summed E-state index contributed by atoms with van der Waals surface area (Å²) < 4.78 is 10.7. The molecule has 0 radical (unpaired) electrons. The van der Waals surface area contributed by atoms with Crippen molar-refractivity contribution in [2.45, 2.75) is 25.3 Å². The summed E-state index contributed by atoms with van der Waals surface area (Å²) in [6.45, 7) is 1.13. The smallest absolute Gasteiger partial charge is 0.262 e. The summed E-state index contributed by atoms with van der Waals surface area (Å²) in [4.78, 5) is 38.5. The van der Waals surface area contributed by atoms with Gasteiger partial charge in [0.1, 0.15) is 11.5 Å². The quantitative estimate of drug-likeness (QED) is 0.767. The second-order valence-electron chi connectivity index (χ2n) is 7.66. The first-order valence-corrected chi connectivity index (χ1v) is 10.3. The van der Waals surface area contributed by atoms with Crippen LogP contribution in [0.1, 0.15) is 28.8 Å². The van der Waals surface area contributed by atoms with Crippen LogP contribution in [0.5, 0.6) is 11.5 Å². The van der Waals surface area contributed by atoms with Crippen molar-refractivity contribution in [3.63, 3.8) is 0 Å². The third-order valence-electron chi connectivity index (χ3n) is 5.59. The average Bonchev–Trinajstić information content (AvgIpc) is 2.79. The molecule has 0 spiro atoms. The number of carbonyl (C=O) groups excluding carboxylic acids is 3. The summed E-state index contributed by atoms with van der Waals surface area (Å²) >= 11 is 0. The van der Waals surface area contributed by atoms with E-state index in [-0.39, 0.29) is 30.4 Å². The average molecular weight is 423 g/mol. The summed E-state index contributed by atoms with van der Waals surface area (Å²) in [5, 5.41) is 5.74. The molecular formula is C23H25N3O5. The van der Waals surface area contributed by atoms with Gasteiger partial charge in [0.15, 0.2) is 6.61 Å². The standard InChI is InChI=1S/C23H25N3O5/c1-30-19-5-3-2-4-15(19)13-22(28)26-10-8-17(9-11-26)24-23(29)16-6-7-18-20(12-16)31-14-21(27)25-18/h2-7,12,17H,8-11,13-14H2,1H3,(H,24,29)(H,25,27). The minimum Gasteiger partial charge on any atom is -0.496 e. The number of likely N-dealkylation sites (tertiary alicyclic amines) is 1. The first kappa shape index (κ1) is 20.7. The Balaban J connectivity index is 1.29. The minimum atomic E-state index is -0.211. The number of nitrogens with one attached hydrogen (secondary N) is 2. The number of hydrogen-bond donors (Lipinski definition) is 2. The zero-order valence-corrected chi connectivity index (χ0v) is 17.3. The van der Waals surface area contributed by atoms with Gasteiger partial charge >= 0.3 is 0 Å². The number of fused-ring (bicyclic) bond motifs is 1. The Morgan fingerprint density at radius 3 is 2.74 bits per heavy atom. The van der Waals surface area contributed by atoms with Gasteiger partial charge in [0.2, 0.25) is 5.91 Å². The fourth-order valence-electron chi connectivity index (χ4n) is 3.88. The van der Waals surface area contributed by atoms with Crippen molar-refractivity contribution < 1.29 is 23.9 Å². The van der Waals surface area contributed by atoms with Crippen molar-refractivity contribution in [1.82, 2.24) is 10.2 Å². The molecule has 2 heterocycles. The van der Waals surface area contributed by atoms with Crippen LogP contribution in [0.2, 0.25) is 0 Å². The number of piperidine rings is 1. The van der Waals surface area contributed by atoms with E-state index >= 15 is 0 Å². The molecule has 0 aliphatic carbocycles. The molecule has 4 rings (SSSR count). The number of methoxy groups -OCH3 is 1. The Hall–Kier alpha value is -3.55. The molecule has 0 aromatic heterocycles. The topological polar surface area (TPSA) is 97.0 Å². The predicted octanol–water partition coefficient (Wildman–Crippen LogP) is 1.99. The summed E-state index contributed by atoms with van der Waals surface area (Å²) in [5.41, 5.74) is 1.91. The van der Waals surface area contributed by atoms with Gasteiger partial charge in [-0.25, -0.2) is 0 Å². The van der Waals surface area contributed by atoms with Crippen LogP contribution in [-0.2, 0) is 16.0 Å². The van der Waals surface area contributed by atoms with Gasteiger partial charge < -0.3 is 25.0 Å². The number of carbonyl (C=O) groups is 3. The number of nitrogens with zero attached hydrogens (tertiary/aromatic N) is 1. The molecule has 162 valence electrons. The normalized spacial score (nSPS) is 16.0. The van der Waals surface area contributed by atoms with Crippen molar-refractivity contribution >= 4 is 23.4 Å². The Bertz CT molecular complexity index is 998. The zero-order valence-electron chi connectivity index (χ0n) is 17.3. The number of amides is 3.